The molecule has 1 aromatic heterocycles. The van der Waals surface area contributed by atoms with Crippen LogP contribution in [0, 0.1) is 6.92 Å². The average Bonchev–Trinajstić information content (AvgIpc) is 2.67. The number of anilines is 1. The quantitative estimate of drug-likeness (QED) is 0.899. The first-order valence-corrected chi connectivity index (χ1v) is 6.80. The van der Waals surface area contributed by atoms with Crippen LogP contribution in [0.1, 0.15) is 16.1 Å². The van der Waals surface area contributed by atoms with E-state index in [1.165, 1.54) is 11.3 Å². The first kappa shape index (κ1) is 12.5. The van der Waals surface area contributed by atoms with E-state index in [1.807, 2.05) is 12.3 Å². The molecular weight excluding hydrogens is 324 g/mol. The fourth-order valence-corrected chi connectivity index (χ4v) is 2.50. The Kier molecular flexibility index (Phi) is 3.81. The topological polar surface area (TPSA) is 42.0 Å². The predicted molar refractivity (Wildman–Crippen MR) is 74.0 cm³/mol. The molecule has 0 saturated heterocycles. The van der Waals surface area contributed by atoms with Crippen molar-refractivity contribution in [2.45, 2.75) is 6.92 Å². The Hall–Kier alpha value is -0.910. The fourth-order valence-electron chi connectivity index (χ4n) is 1.25. The van der Waals surface area contributed by atoms with Gasteiger partial charge >= 0.3 is 0 Å². The Labute approximate surface area is 116 Å². The van der Waals surface area contributed by atoms with Crippen LogP contribution < -0.4 is 5.32 Å². The van der Waals surface area contributed by atoms with E-state index in [0.29, 0.717) is 15.7 Å². The first-order chi connectivity index (χ1) is 8.06. The van der Waals surface area contributed by atoms with Crippen LogP contribution in [0.4, 0.5) is 5.13 Å². The molecule has 1 heterocycles. The zero-order valence-electron chi connectivity index (χ0n) is 8.83. The molecule has 0 unspecified atom stereocenters. The number of hydrogen-bond donors (Lipinski definition) is 1. The third-order valence-corrected chi connectivity index (χ3v) is 3.71. The minimum Gasteiger partial charge on any atom is -0.298 e. The lowest BCUT2D eigenvalue weighted by Crippen LogP contribution is -2.12. The monoisotopic (exact) mass is 330 g/mol. The zero-order valence-corrected chi connectivity index (χ0v) is 12.0. The average molecular weight is 332 g/mol. The third kappa shape index (κ3) is 3.06. The molecule has 3 nitrogen and oxygen atoms in total. The van der Waals surface area contributed by atoms with E-state index in [1.54, 1.807) is 18.2 Å². The van der Waals surface area contributed by atoms with Gasteiger partial charge in [0.15, 0.2) is 5.13 Å². The van der Waals surface area contributed by atoms with Gasteiger partial charge in [-0.2, -0.15) is 0 Å². The predicted octanol–water partition coefficient (Wildman–Crippen LogP) is 4.12. The molecule has 0 bridgehead atoms. The zero-order chi connectivity index (χ0) is 12.4. The van der Waals surface area contributed by atoms with Crippen LogP contribution in [-0.2, 0) is 0 Å². The molecule has 0 spiro atoms. The van der Waals surface area contributed by atoms with Crippen LogP contribution in [0.3, 0.4) is 0 Å². The van der Waals surface area contributed by atoms with Crippen LogP contribution >= 0.6 is 38.9 Å². The highest BCUT2D eigenvalue weighted by molar-refractivity contribution is 9.10. The standard InChI is InChI=1S/C11H8BrClN2OS/c1-6-5-17-11(14-6)15-10(16)8-4-7(12)2-3-9(8)13/h2-5H,1H3,(H,14,15,16). The van der Waals surface area contributed by atoms with E-state index >= 15 is 0 Å². The summed E-state index contributed by atoms with van der Waals surface area (Å²) in [6, 6.07) is 5.14. The molecule has 0 aliphatic rings. The van der Waals surface area contributed by atoms with Gasteiger partial charge < -0.3 is 0 Å². The second-order valence-electron chi connectivity index (χ2n) is 3.37. The molecule has 0 radical (unpaired) electrons. The number of amides is 1. The summed E-state index contributed by atoms with van der Waals surface area (Å²) in [5, 5.41) is 5.57. The van der Waals surface area contributed by atoms with Crippen molar-refractivity contribution in [3.8, 4) is 0 Å². The van der Waals surface area contributed by atoms with Crippen molar-refractivity contribution in [1.82, 2.24) is 4.98 Å². The Morgan fingerprint density at radius 1 is 1.53 bits per heavy atom. The highest BCUT2D eigenvalue weighted by atomic mass is 79.9. The molecule has 1 amide bonds. The van der Waals surface area contributed by atoms with Gasteiger partial charge in [-0.05, 0) is 25.1 Å². The van der Waals surface area contributed by atoms with E-state index < -0.39 is 0 Å². The SMILES string of the molecule is Cc1csc(NC(=O)c2cc(Br)ccc2Cl)n1. The second kappa shape index (κ2) is 5.16. The summed E-state index contributed by atoms with van der Waals surface area (Å²) in [5.74, 6) is -0.259. The Bertz CT molecular complexity index is 570. The molecular formula is C11H8BrClN2OS. The van der Waals surface area contributed by atoms with Gasteiger partial charge in [0.1, 0.15) is 0 Å². The summed E-state index contributed by atoms with van der Waals surface area (Å²) in [6.45, 7) is 1.87. The maximum Gasteiger partial charge on any atom is 0.258 e. The largest absolute Gasteiger partial charge is 0.298 e. The molecule has 0 aliphatic carbocycles. The molecule has 1 aromatic carbocycles. The van der Waals surface area contributed by atoms with Crippen LogP contribution in [0.25, 0.3) is 0 Å². The minimum absolute atomic E-state index is 0.259. The summed E-state index contributed by atoms with van der Waals surface area (Å²) in [6.07, 6.45) is 0. The maximum atomic E-state index is 11.9. The van der Waals surface area contributed by atoms with E-state index in [-0.39, 0.29) is 5.91 Å². The van der Waals surface area contributed by atoms with Crippen LogP contribution in [-0.4, -0.2) is 10.9 Å². The smallest absolute Gasteiger partial charge is 0.258 e. The third-order valence-electron chi connectivity index (χ3n) is 2.01. The van der Waals surface area contributed by atoms with E-state index in [9.17, 15) is 4.79 Å². The van der Waals surface area contributed by atoms with Crippen molar-refractivity contribution >= 4 is 49.9 Å². The van der Waals surface area contributed by atoms with E-state index in [4.69, 9.17) is 11.6 Å². The molecule has 88 valence electrons. The number of hydrogen-bond acceptors (Lipinski definition) is 3. The van der Waals surface area contributed by atoms with Crippen molar-refractivity contribution < 1.29 is 4.79 Å². The van der Waals surface area contributed by atoms with Gasteiger partial charge in [0, 0.05) is 9.85 Å². The van der Waals surface area contributed by atoms with Crippen molar-refractivity contribution in [3.63, 3.8) is 0 Å². The molecule has 0 saturated carbocycles. The highest BCUT2D eigenvalue weighted by Crippen LogP contribution is 2.23. The van der Waals surface area contributed by atoms with Crippen molar-refractivity contribution in [2.75, 3.05) is 5.32 Å². The lowest BCUT2D eigenvalue weighted by Gasteiger charge is -2.04. The minimum atomic E-state index is -0.259. The summed E-state index contributed by atoms with van der Waals surface area (Å²) < 4.78 is 0.808. The summed E-state index contributed by atoms with van der Waals surface area (Å²) >= 11 is 10.7. The van der Waals surface area contributed by atoms with E-state index in [0.717, 1.165) is 10.2 Å². The van der Waals surface area contributed by atoms with Gasteiger partial charge in [-0.1, -0.05) is 27.5 Å². The number of carbonyl (C=O) groups is 1. The Morgan fingerprint density at radius 3 is 2.94 bits per heavy atom. The number of thiazole rings is 1. The van der Waals surface area contributed by atoms with Gasteiger partial charge in [0.2, 0.25) is 0 Å². The van der Waals surface area contributed by atoms with E-state index in [2.05, 4.69) is 26.2 Å². The fraction of sp³-hybridized carbons (Fsp3) is 0.0909. The summed E-state index contributed by atoms with van der Waals surface area (Å²) in [5.41, 5.74) is 1.31. The number of rotatable bonds is 2. The van der Waals surface area contributed by atoms with Crippen molar-refractivity contribution in [3.05, 3.63) is 44.3 Å². The molecule has 0 atom stereocenters. The first-order valence-electron chi connectivity index (χ1n) is 4.75. The lowest BCUT2D eigenvalue weighted by atomic mass is 10.2. The lowest BCUT2D eigenvalue weighted by molar-refractivity contribution is 0.102. The van der Waals surface area contributed by atoms with Gasteiger partial charge in [0.25, 0.3) is 5.91 Å². The van der Waals surface area contributed by atoms with Gasteiger partial charge in [-0.3, -0.25) is 10.1 Å². The summed E-state index contributed by atoms with van der Waals surface area (Å²) in [4.78, 5) is 16.1. The van der Waals surface area contributed by atoms with Crippen LogP contribution in [0.5, 0.6) is 0 Å². The van der Waals surface area contributed by atoms with Crippen molar-refractivity contribution in [1.29, 1.82) is 0 Å². The number of nitrogens with one attached hydrogen (secondary N) is 1. The molecule has 17 heavy (non-hydrogen) atoms. The molecule has 6 heteroatoms. The normalized spacial score (nSPS) is 10.3. The molecule has 0 aliphatic heterocycles. The number of aromatic nitrogens is 1. The number of benzene rings is 1. The Balaban J connectivity index is 2.22. The number of nitrogens with zero attached hydrogens (tertiary/aromatic N) is 1. The van der Waals surface area contributed by atoms with Gasteiger partial charge in [0.05, 0.1) is 16.3 Å². The van der Waals surface area contributed by atoms with Crippen molar-refractivity contribution in [2.24, 2.45) is 0 Å². The molecule has 1 N–H and O–H groups in total. The number of aryl methyl sites for hydroxylation is 1. The van der Waals surface area contributed by atoms with Crippen LogP contribution in [0.15, 0.2) is 28.1 Å². The van der Waals surface area contributed by atoms with Gasteiger partial charge in [-0.15, -0.1) is 11.3 Å². The Morgan fingerprint density at radius 2 is 2.29 bits per heavy atom. The number of carbonyl (C=O) groups excluding carboxylic acids is 1. The van der Waals surface area contributed by atoms with Crippen LogP contribution in [0.2, 0.25) is 5.02 Å². The second-order valence-corrected chi connectivity index (χ2v) is 5.55. The highest BCUT2D eigenvalue weighted by Gasteiger charge is 2.12. The maximum absolute atomic E-state index is 11.9. The molecule has 2 rings (SSSR count). The van der Waals surface area contributed by atoms with Gasteiger partial charge in [-0.25, -0.2) is 4.98 Å². The summed E-state index contributed by atoms with van der Waals surface area (Å²) in [7, 11) is 0. The number of halogens is 2. The molecule has 2 aromatic rings. The molecule has 0 fully saturated rings.